The van der Waals surface area contributed by atoms with Gasteiger partial charge in [0.1, 0.15) is 16.8 Å². The van der Waals surface area contributed by atoms with Crippen molar-refractivity contribution < 1.29 is 14.1 Å². The lowest BCUT2D eigenvalue weighted by atomic mass is 9.98. The fourth-order valence-corrected chi connectivity index (χ4v) is 3.13. The van der Waals surface area contributed by atoms with Gasteiger partial charge in [-0.05, 0) is 19.1 Å². The van der Waals surface area contributed by atoms with Crippen LogP contribution >= 0.6 is 11.7 Å². The number of hydrogen-bond donors (Lipinski definition) is 1. The number of benzene rings is 1. The van der Waals surface area contributed by atoms with Crippen molar-refractivity contribution in [2.24, 2.45) is 5.92 Å². The van der Waals surface area contributed by atoms with Gasteiger partial charge in [-0.3, -0.25) is 9.59 Å². The highest BCUT2D eigenvalue weighted by Crippen LogP contribution is 2.24. The van der Waals surface area contributed by atoms with Crippen LogP contribution in [0.15, 0.2) is 28.8 Å². The summed E-state index contributed by atoms with van der Waals surface area (Å²) in [5, 5.41) is 6.57. The third-order valence-electron chi connectivity index (χ3n) is 3.93. The topological polar surface area (TPSA) is 101 Å². The lowest BCUT2D eigenvalue weighted by Crippen LogP contribution is -2.54. The highest BCUT2D eigenvalue weighted by Gasteiger charge is 2.37. The molecule has 2 aromatic heterocycles. The number of carbonyl (C=O) groups is 2. The summed E-state index contributed by atoms with van der Waals surface area (Å²) in [7, 11) is 0. The Balaban J connectivity index is 1.39. The Hall–Kier alpha value is -2.81. The van der Waals surface area contributed by atoms with Gasteiger partial charge >= 0.3 is 0 Å². The standard InChI is InChI=1S/C15H13N5O3S/c1-8-5-12(17-23-8)15(22)20-6-9(7-20)14(21)16-10-3-2-4-11-13(10)19-24-18-11/h2-5,9H,6-7H2,1H3,(H,16,21). The molecule has 0 saturated carbocycles. The van der Waals surface area contributed by atoms with E-state index in [0.29, 0.717) is 30.1 Å². The first-order valence-electron chi connectivity index (χ1n) is 7.36. The molecule has 122 valence electrons. The molecule has 0 radical (unpaired) electrons. The van der Waals surface area contributed by atoms with Crippen LogP contribution in [0.4, 0.5) is 5.69 Å². The van der Waals surface area contributed by atoms with Crippen molar-refractivity contribution in [3.8, 4) is 0 Å². The van der Waals surface area contributed by atoms with Gasteiger partial charge in [0.15, 0.2) is 5.69 Å². The van der Waals surface area contributed by atoms with Crippen LogP contribution in [0.25, 0.3) is 11.0 Å². The van der Waals surface area contributed by atoms with E-state index in [2.05, 4.69) is 19.2 Å². The molecule has 1 aliphatic rings. The van der Waals surface area contributed by atoms with E-state index < -0.39 is 0 Å². The zero-order valence-electron chi connectivity index (χ0n) is 12.7. The van der Waals surface area contributed by atoms with Gasteiger partial charge in [-0.25, -0.2) is 0 Å². The molecule has 0 aliphatic carbocycles. The van der Waals surface area contributed by atoms with Crippen molar-refractivity contribution in [2.45, 2.75) is 6.92 Å². The summed E-state index contributed by atoms with van der Waals surface area (Å²) >= 11 is 1.11. The number of fused-ring (bicyclic) bond motifs is 1. The Bertz CT molecular complexity index is 928. The highest BCUT2D eigenvalue weighted by molar-refractivity contribution is 7.00. The second kappa shape index (κ2) is 5.68. The molecule has 0 spiro atoms. The monoisotopic (exact) mass is 343 g/mol. The lowest BCUT2D eigenvalue weighted by molar-refractivity contribution is -0.123. The first-order valence-corrected chi connectivity index (χ1v) is 8.09. The number of carbonyl (C=O) groups excluding carboxylic acids is 2. The van der Waals surface area contributed by atoms with Gasteiger partial charge < -0.3 is 14.7 Å². The van der Waals surface area contributed by atoms with E-state index in [0.717, 1.165) is 17.2 Å². The number of rotatable bonds is 3. The fraction of sp³-hybridized carbons (Fsp3) is 0.267. The summed E-state index contributed by atoms with van der Waals surface area (Å²) in [6.45, 7) is 2.45. The maximum absolute atomic E-state index is 12.3. The van der Waals surface area contributed by atoms with Crippen LogP contribution in [-0.2, 0) is 4.79 Å². The van der Waals surface area contributed by atoms with Crippen LogP contribution in [-0.4, -0.2) is 43.7 Å². The Morgan fingerprint density at radius 1 is 1.33 bits per heavy atom. The van der Waals surface area contributed by atoms with Crippen molar-refractivity contribution in [2.75, 3.05) is 18.4 Å². The van der Waals surface area contributed by atoms with Gasteiger partial charge in [0.2, 0.25) is 5.91 Å². The molecule has 1 aliphatic heterocycles. The molecule has 3 aromatic rings. The first kappa shape index (κ1) is 14.8. The molecule has 0 bridgehead atoms. The summed E-state index contributed by atoms with van der Waals surface area (Å²) in [6.07, 6.45) is 0. The summed E-state index contributed by atoms with van der Waals surface area (Å²) in [5.74, 6) is -0.0143. The predicted octanol–water partition coefficient (Wildman–Crippen LogP) is 1.70. The van der Waals surface area contributed by atoms with E-state index in [9.17, 15) is 9.59 Å². The van der Waals surface area contributed by atoms with Crippen molar-refractivity contribution >= 4 is 40.3 Å². The van der Waals surface area contributed by atoms with Crippen molar-refractivity contribution in [3.05, 3.63) is 35.7 Å². The minimum absolute atomic E-state index is 0.129. The minimum atomic E-state index is -0.246. The molecule has 0 atom stereocenters. The summed E-state index contributed by atoms with van der Waals surface area (Å²) in [5.41, 5.74) is 2.35. The SMILES string of the molecule is Cc1cc(C(=O)N2CC(C(=O)Nc3cccc4nsnc34)C2)no1. The van der Waals surface area contributed by atoms with Crippen LogP contribution in [0.3, 0.4) is 0 Å². The third-order valence-corrected chi connectivity index (χ3v) is 4.47. The molecule has 1 saturated heterocycles. The zero-order chi connectivity index (χ0) is 16.7. The Kier molecular flexibility index (Phi) is 3.49. The van der Waals surface area contributed by atoms with Crippen LogP contribution in [0.2, 0.25) is 0 Å². The summed E-state index contributed by atoms with van der Waals surface area (Å²) in [6, 6.07) is 7.05. The lowest BCUT2D eigenvalue weighted by Gasteiger charge is -2.37. The molecular weight excluding hydrogens is 330 g/mol. The van der Waals surface area contributed by atoms with Gasteiger partial charge in [-0.15, -0.1) is 0 Å². The van der Waals surface area contributed by atoms with Crippen LogP contribution in [0, 0.1) is 12.8 Å². The third kappa shape index (κ3) is 2.52. The first-order chi connectivity index (χ1) is 11.6. The Morgan fingerprint density at radius 2 is 2.17 bits per heavy atom. The molecule has 1 N–H and O–H groups in total. The largest absolute Gasteiger partial charge is 0.361 e. The van der Waals surface area contributed by atoms with E-state index in [1.54, 1.807) is 24.0 Å². The van der Waals surface area contributed by atoms with Crippen molar-refractivity contribution in [1.29, 1.82) is 0 Å². The number of aryl methyl sites for hydroxylation is 1. The number of likely N-dealkylation sites (tertiary alicyclic amines) is 1. The quantitative estimate of drug-likeness (QED) is 0.777. The maximum Gasteiger partial charge on any atom is 0.276 e. The van der Waals surface area contributed by atoms with Crippen molar-refractivity contribution in [3.63, 3.8) is 0 Å². The zero-order valence-corrected chi connectivity index (χ0v) is 13.5. The fourth-order valence-electron chi connectivity index (χ4n) is 2.58. The second-order valence-corrected chi connectivity index (χ2v) is 6.19. The van der Waals surface area contributed by atoms with E-state index in [4.69, 9.17) is 4.52 Å². The minimum Gasteiger partial charge on any atom is -0.361 e. The highest BCUT2D eigenvalue weighted by atomic mass is 32.1. The Labute approximate surface area is 140 Å². The number of nitrogens with one attached hydrogen (secondary N) is 1. The maximum atomic E-state index is 12.3. The number of aromatic nitrogens is 3. The van der Waals surface area contributed by atoms with Crippen LogP contribution in [0.1, 0.15) is 16.2 Å². The normalized spacial score (nSPS) is 14.6. The number of amides is 2. The van der Waals surface area contributed by atoms with Gasteiger partial charge in [0, 0.05) is 19.2 Å². The van der Waals surface area contributed by atoms with E-state index in [1.807, 2.05) is 12.1 Å². The molecule has 2 amide bonds. The molecule has 3 heterocycles. The van der Waals surface area contributed by atoms with Crippen molar-refractivity contribution in [1.82, 2.24) is 18.8 Å². The number of nitrogens with zero attached hydrogens (tertiary/aromatic N) is 4. The molecule has 0 unspecified atom stereocenters. The summed E-state index contributed by atoms with van der Waals surface area (Å²) in [4.78, 5) is 26.1. The Morgan fingerprint density at radius 3 is 2.92 bits per heavy atom. The molecular formula is C15H13N5O3S. The molecule has 4 rings (SSSR count). The van der Waals surface area contributed by atoms with Gasteiger partial charge in [-0.2, -0.15) is 8.75 Å². The number of anilines is 1. The molecule has 1 fully saturated rings. The molecule has 9 heteroatoms. The van der Waals surface area contributed by atoms with E-state index in [-0.39, 0.29) is 23.4 Å². The predicted molar refractivity (Wildman–Crippen MR) is 86.7 cm³/mol. The molecule has 24 heavy (non-hydrogen) atoms. The second-order valence-electron chi connectivity index (χ2n) is 5.66. The van der Waals surface area contributed by atoms with Crippen LogP contribution < -0.4 is 5.32 Å². The molecule has 8 nitrogen and oxygen atoms in total. The number of hydrogen-bond acceptors (Lipinski definition) is 7. The van der Waals surface area contributed by atoms with E-state index >= 15 is 0 Å². The summed E-state index contributed by atoms with van der Waals surface area (Å²) < 4.78 is 13.2. The van der Waals surface area contributed by atoms with Gasteiger partial charge in [-0.1, -0.05) is 11.2 Å². The van der Waals surface area contributed by atoms with Gasteiger partial charge in [0.05, 0.1) is 23.3 Å². The van der Waals surface area contributed by atoms with E-state index in [1.165, 1.54) is 0 Å². The van der Waals surface area contributed by atoms with Gasteiger partial charge in [0.25, 0.3) is 5.91 Å². The smallest absolute Gasteiger partial charge is 0.276 e. The molecule has 1 aromatic carbocycles. The average Bonchev–Trinajstić information content (AvgIpc) is 3.14. The van der Waals surface area contributed by atoms with Crippen LogP contribution in [0.5, 0.6) is 0 Å². The average molecular weight is 343 g/mol.